The van der Waals surface area contributed by atoms with Crippen LogP contribution in [0.15, 0.2) is 53.4 Å². The van der Waals surface area contributed by atoms with Crippen LogP contribution >= 0.6 is 23.4 Å². The summed E-state index contributed by atoms with van der Waals surface area (Å²) in [4.78, 5) is 1.30. The Hall–Kier alpha value is -0.960. The van der Waals surface area contributed by atoms with E-state index in [0.717, 1.165) is 11.6 Å². The lowest BCUT2D eigenvalue weighted by Crippen LogP contribution is -2.17. The fraction of sp³-hybridized carbons (Fsp3) is 0.250. The lowest BCUT2D eigenvalue weighted by Gasteiger charge is -2.14. The maximum absolute atomic E-state index is 5.88. The molecule has 3 heteroatoms. The van der Waals surface area contributed by atoms with Gasteiger partial charge in [0, 0.05) is 22.5 Å². The van der Waals surface area contributed by atoms with Crippen molar-refractivity contribution in [2.24, 2.45) is 0 Å². The van der Waals surface area contributed by atoms with Crippen molar-refractivity contribution in [1.29, 1.82) is 0 Å². The van der Waals surface area contributed by atoms with E-state index < -0.39 is 0 Å². The van der Waals surface area contributed by atoms with Gasteiger partial charge in [-0.15, -0.1) is 11.8 Å². The normalized spacial score (nSPS) is 12.4. The van der Waals surface area contributed by atoms with Gasteiger partial charge >= 0.3 is 0 Å². The van der Waals surface area contributed by atoms with Gasteiger partial charge in [-0.1, -0.05) is 35.9 Å². The lowest BCUT2D eigenvalue weighted by molar-refractivity contribution is 0.574. The van der Waals surface area contributed by atoms with E-state index >= 15 is 0 Å². The second-order valence-electron chi connectivity index (χ2n) is 4.50. The zero-order valence-electron chi connectivity index (χ0n) is 11.2. The first-order chi connectivity index (χ1) is 9.19. The van der Waals surface area contributed by atoms with Crippen molar-refractivity contribution in [3.05, 3.63) is 64.7 Å². The fourth-order valence-electron chi connectivity index (χ4n) is 1.88. The maximum Gasteiger partial charge on any atom is 0.0406 e. The summed E-state index contributed by atoms with van der Waals surface area (Å²) in [7, 11) is 0. The number of benzene rings is 2. The Labute approximate surface area is 124 Å². The Kier molecular flexibility index (Phi) is 5.32. The van der Waals surface area contributed by atoms with Crippen LogP contribution in [0.2, 0.25) is 5.02 Å². The molecule has 0 amide bonds. The number of halogens is 1. The zero-order valence-corrected chi connectivity index (χ0v) is 12.8. The average molecular weight is 292 g/mol. The number of rotatable bonds is 5. The summed E-state index contributed by atoms with van der Waals surface area (Å²) in [6.45, 7) is 3.03. The maximum atomic E-state index is 5.88. The first-order valence-corrected chi connectivity index (χ1v) is 7.91. The van der Waals surface area contributed by atoms with Gasteiger partial charge < -0.3 is 5.32 Å². The molecule has 0 fully saturated rings. The standard InChI is InChI=1S/C16H18ClNS/c1-12(14-5-9-16(19-2)10-6-14)18-11-13-3-7-15(17)8-4-13/h3-10,12,18H,11H2,1-2H3. The Morgan fingerprint density at radius 1 is 1.05 bits per heavy atom. The van der Waals surface area contributed by atoms with Gasteiger partial charge in [-0.3, -0.25) is 0 Å². The third-order valence-corrected chi connectivity index (χ3v) is 4.14. The van der Waals surface area contributed by atoms with Gasteiger partial charge in [-0.25, -0.2) is 0 Å². The van der Waals surface area contributed by atoms with Crippen molar-refractivity contribution in [3.8, 4) is 0 Å². The van der Waals surface area contributed by atoms with E-state index in [1.165, 1.54) is 16.0 Å². The SMILES string of the molecule is CSc1ccc(C(C)NCc2ccc(Cl)cc2)cc1. The Morgan fingerprint density at radius 2 is 1.68 bits per heavy atom. The number of thioether (sulfide) groups is 1. The molecule has 19 heavy (non-hydrogen) atoms. The monoisotopic (exact) mass is 291 g/mol. The Morgan fingerprint density at radius 3 is 2.26 bits per heavy atom. The van der Waals surface area contributed by atoms with E-state index in [1.54, 1.807) is 11.8 Å². The predicted molar refractivity (Wildman–Crippen MR) is 84.9 cm³/mol. The number of nitrogens with one attached hydrogen (secondary N) is 1. The molecule has 2 rings (SSSR count). The van der Waals surface area contributed by atoms with Crippen LogP contribution in [0, 0.1) is 0 Å². The molecule has 0 heterocycles. The van der Waals surface area contributed by atoms with E-state index in [4.69, 9.17) is 11.6 Å². The molecule has 0 bridgehead atoms. The summed E-state index contributed by atoms with van der Waals surface area (Å²) in [5.74, 6) is 0. The summed E-state index contributed by atoms with van der Waals surface area (Å²) in [6.07, 6.45) is 2.09. The van der Waals surface area contributed by atoms with E-state index in [1.807, 2.05) is 12.1 Å². The van der Waals surface area contributed by atoms with Crippen LogP contribution in [0.4, 0.5) is 0 Å². The Balaban J connectivity index is 1.93. The van der Waals surface area contributed by atoms with Gasteiger partial charge in [0.05, 0.1) is 0 Å². The summed E-state index contributed by atoms with van der Waals surface area (Å²) in [5, 5.41) is 4.30. The zero-order chi connectivity index (χ0) is 13.7. The van der Waals surface area contributed by atoms with Crippen molar-refractivity contribution in [2.45, 2.75) is 24.4 Å². The number of hydrogen-bond donors (Lipinski definition) is 1. The highest BCUT2D eigenvalue weighted by Crippen LogP contribution is 2.19. The van der Waals surface area contributed by atoms with Crippen LogP contribution in [-0.4, -0.2) is 6.26 Å². The molecule has 0 aliphatic rings. The summed E-state index contributed by atoms with van der Waals surface area (Å²) < 4.78 is 0. The number of hydrogen-bond acceptors (Lipinski definition) is 2. The van der Waals surface area contributed by atoms with Gasteiger partial charge in [0.25, 0.3) is 0 Å². The molecule has 0 aliphatic heterocycles. The molecular formula is C16H18ClNS. The molecule has 1 atom stereocenters. The van der Waals surface area contributed by atoms with Crippen molar-refractivity contribution in [1.82, 2.24) is 5.32 Å². The fourth-order valence-corrected chi connectivity index (χ4v) is 2.42. The summed E-state index contributed by atoms with van der Waals surface area (Å²) in [6, 6.07) is 17.0. The van der Waals surface area contributed by atoms with Gasteiger partial charge in [-0.2, -0.15) is 0 Å². The van der Waals surface area contributed by atoms with E-state index in [-0.39, 0.29) is 0 Å². The quantitative estimate of drug-likeness (QED) is 0.785. The molecule has 100 valence electrons. The average Bonchev–Trinajstić information content (AvgIpc) is 2.46. The molecule has 1 unspecified atom stereocenters. The minimum atomic E-state index is 0.339. The van der Waals surface area contributed by atoms with Crippen LogP contribution < -0.4 is 5.32 Å². The first-order valence-electron chi connectivity index (χ1n) is 6.31. The highest BCUT2D eigenvalue weighted by Gasteiger charge is 2.04. The van der Waals surface area contributed by atoms with Crippen molar-refractivity contribution < 1.29 is 0 Å². The highest BCUT2D eigenvalue weighted by atomic mass is 35.5. The van der Waals surface area contributed by atoms with E-state index in [9.17, 15) is 0 Å². The van der Waals surface area contributed by atoms with Crippen LogP contribution in [0.3, 0.4) is 0 Å². The van der Waals surface area contributed by atoms with E-state index in [2.05, 4.69) is 54.9 Å². The molecule has 0 aromatic heterocycles. The van der Waals surface area contributed by atoms with Gasteiger partial charge in [0.1, 0.15) is 0 Å². The van der Waals surface area contributed by atoms with Crippen molar-refractivity contribution >= 4 is 23.4 Å². The van der Waals surface area contributed by atoms with Gasteiger partial charge in [0.15, 0.2) is 0 Å². The third kappa shape index (κ3) is 4.27. The smallest absolute Gasteiger partial charge is 0.0406 e. The Bertz CT molecular complexity index is 507. The third-order valence-electron chi connectivity index (χ3n) is 3.14. The minimum absolute atomic E-state index is 0.339. The molecule has 0 saturated carbocycles. The van der Waals surface area contributed by atoms with Gasteiger partial charge in [0.2, 0.25) is 0 Å². The van der Waals surface area contributed by atoms with Gasteiger partial charge in [-0.05, 0) is 48.6 Å². The molecule has 0 saturated heterocycles. The first kappa shape index (κ1) is 14.4. The van der Waals surface area contributed by atoms with Crippen molar-refractivity contribution in [3.63, 3.8) is 0 Å². The predicted octanol–water partition coefficient (Wildman–Crippen LogP) is 4.91. The lowest BCUT2D eigenvalue weighted by atomic mass is 10.1. The topological polar surface area (TPSA) is 12.0 Å². The molecule has 0 spiro atoms. The van der Waals surface area contributed by atoms with Crippen molar-refractivity contribution in [2.75, 3.05) is 6.26 Å². The molecule has 2 aromatic rings. The summed E-state index contributed by atoms with van der Waals surface area (Å²) >= 11 is 7.64. The van der Waals surface area contributed by atoms with Crippen LogP contribution in [0.1, 0.15) is 24.1 Å². The van der Waals surface area contributed by atoms with Crippen LogP contribution in [0.5, 0.6) is 0 Å². The van der Waals surface area contributed by atoms with E-state index in [0.29, 0.717) is 6.04 Å². The molecule has 1 N–H and O–H groups in total. The molecule has 1 nitrogen and oxygen atoms in total. The van der Waals surface area contributed by atoms with Crippen LogP contribution in [-0.2, 0) is 6.54 Å². The second kappa shape index (κ2) is 6.99. The highest BCUT2D eigenvalue weighted by molar-refractivity contribution is 7.98. The molecular weight excluding hydrogens is 274 g/mol. The van der Waals surface area contributed by atoms with Crippen LogP contribution in [0.25, 0.3) is 0 Å². The largest absolute Gasteiger partial charge is 0.306 e. The molecule has 0 aliphatic carbocycles. The minimum Gasteiger partial charge on any atom is -0.306 e. The summed E-state index contributed by atoms with van der Waals surface area (Å²) in [5.41, 5.74) is 2.56. The molecule has 2 aromatic carbocycles. The molecule has 0 radical (unpaired) electrons. The second-order valence-corrected chi connectivity index (χ2v) is 5.82.